The molecule has 0 aliphatic carbocycles. The number of carbonyl (C=O) groups excluding carboxylic acids is 1. The van der Waals surface area contributed by atoms with Gasteiger partial charge in [0.05, 0.1) is 5.75 Å². The molecule has 0 radical (unpaired) electrons. The quantitative estimate of drug-likeness (QED) is 0.560. The molecule has 0 saturated carbocycles. The molecule has 0 fully saturated rings. The molecule has 1 N–H and O–H groups in total. The largest absolute Gasteiger partial charge is 0.309 e. The number of aryl methyl sites for hydroxylation is 2. The van der Waals surface area contributed by atoms with E-state index in [0.29, 0.717) is 15.9 Å². The van der Waals surface area contributed by atoms with Crippen LogP contribution >= 0.6 is 23.1 Å². The van der Waals surface area contributed by atoms with Gasteiger partial charge in [0.25, 0.3) is 5.56 Å². The Hall–Kier alpha value is -2.33. The first-order valence-corrected chi connectivity index (χ1v) is 8.47. The van der Waals surface area contributed by atoms with Crippen molar-refractivity contribution in [2.75, 3.05) is 11.1 Å². The zero-order valence-corrected chi connectivity index (χ0v) is 13.9. The van der Waals surface area contributed by atoms with E-state index in [9.17, 15) is 9.59 Å². The maximum absolute atomic E-state index is 12.1. The second kappa shape index (κ2) is 6.42. The lowest BCUT2D eigenvalue weighted by molar-refractivity contribution is -0.113. The average molecular weight is 348 g/mol. The number of thioether (sulfide) groups is 1. The molecule has 0 bridgehead atoms. The Morgan fingerprint density at radius 1 is 1.39 bits per heavy atom. The summed E-state index contributed by atoms with van der Waals surface area (Å²) in [7, 11) is 0. The van der Waals surface area contributed by atoms with Crippen molar-refractivity contribution in [2.45, 2.75) is 19.0 Å². The molecule has 10 heteroatoms. The predicted molar refractivity (Wildman–Crippen MR) is 88.0 cm³/mol. The normalized spacial score (nSPS) is 10.9. The van der Waals surface area contributed by atoms with E-state index >= 15 is 0 Å². The van der Waals surface area contributed by atoms with Crippen molar-refractivity contribution in [3.63, 3.8) is 0 Å². The van der Waals surface area contributed by atoms with Crippen molar-refractivity contribution in [1.29, 1.82) is 0 Å². The van der Waals surface area contributed by atoms with E-state index in [1.165, 1.54) is 27.6 Å². The predicted octanol–water partition coefficient (Wildman–Crippen LogP) is 1.29. The van der Waals surface area contributed by atoms with E-state index < -0.39 is 0 Å². The minimum absolute atomic E-state index is 0.174. The van der Waals surface area contributed by atoms with Crippen LogP contribution in [0.2, 0.25) is 0 Å². The second-order valence-corrected chi connectivity index (χ2v) is 6.41. The molecular weight excluding hydrogens is 336 g/mol. The lowest BCUT2D eigenvalue weighted by Gasteiger charge is -2.04. The van der Waals surface area contributed by atoms with Crippen LogP contribution in [-0.4, -0.2) is 36.2 Å². The number of thiazole rings is 1. The van der Waals surface area contributed by atoms with Crippen LogP contribution in [0.4, 0.5) is 5.82 Å². The van der Waals surface area contributed by atoms with E-state index in [1.54, 1.807) is 24.6 Å². The number of hydrogen-bond acceptors (Lipinski definition) is 8. The maximum Gasteiger partial charge on any atom is 0.295 e. The molecule has 0 aliphatic heterocycles. The van der Waals surface area contributed by atoms with Crippen LogP contribution in [0.5, 0.6) is 0 Å². The summed E-state index contributed by atoms with van der Waals surface area (Å²) < 4.78 is 1.45. The third kappa shape index (κ3) is 3.54. The number of hydrogen-bond donors (Lipinski definition) is 1. The van der Waals surface area contributed by atoms with E-state index in [1.807, 2.05) is 6.92 Å². The van der Waals surface area contributed by atoms with Crippen LogP contribution in [-0.2, 0) is 4.79 Å². The first-order chi connectivity index (χ1) is 11.0. The summed E-state index contributed by atoms with van der Waals surface area (Å²) in [6, 6.07) is 1.80. The van der Waals surface area contributed by atoms with Gasteiger partial charge in [-0.05, 0) is 19.9 Å². The van der Waals surface area contributed by atoms with Gasteiger partial charge in [0.15, 0.2) is 5.16 Å². The highest BCUT2D eigenvalue weighted by Gasteiger charge is 2.11. The highest BCUT2D eigenvalue weighted by Crippen LogP contribution is 2.18. The number of nitrogens with zero attached hydrogens (tertiary/aromatic N) is 5. The number of amides is 1. The molecule has 0 atom stereocenters. The van der Waals surface area contributed by atoms with Crippen molar-refractivity contribution in [3.05, 3.63) is 39.4 Å². The van der Waals surface area contributed by atoms with Crippen LogP contribution in [0.15, 0.2) is 27.6 Å². The summed E-state index contributed by atoms with van der Waals surface area (Å²) in [5.41, 5.74) is 0.761. The van der Waals surface area contributed by atoms with E-state index in [0.717, 1.165) is 5.69 Å². The van der Waals surface area contributed by atoms with Crippen LogP contribution in [0.3, 0.4) is 0 Å². The van der Waals surface area contributed by atoms with Crippen LogP contribution < -0.4 is 10.9 Å². The van der Waals surface area contributed by atoms with E-state index in [-0.39, 0.29) is 22.9 Å². The van der Waals surface area contributed by atoms with Gasteiger partial charge in [-0.25, -0.2) is 9.97 Å². The molecule has 1 amide bonds. The zero-order valence-electron chi connectivity index (χ0n) is 12.3. The van der Waals surface area contributed by atoms with E-state index in [2.05, 4.69) is 25.4 Å². The summed E-state index contributed by atoms with van der Waals surface area (Å²) >= 11 is 2.49. The Balaban J connectivity index is 1.70. The van der Waals surface area contributed by atoms with Crippen molar-refractivity contribution < 1.29 is 4.79 Å². The Morgan fingerprint density at radius 2 is 2.22 bits per heavy atom. The molecule has 118 valence electrons. The van der Waals surface area contributed by atoms with Gasteiger partial charge in [-0.2, -0.15) is 14.6 Å². The summed E-state index contributed by atoms with van der Waals surface area (Å²) in [5, 5.41) is 9.12. The first kappa shape index (κ1) is 15.6. The standard InChI is InChI=1S/C13H12N6O2S2/c1-7-3-4-14-12(15-7)22-6-10(20)16-9-5-23-13-17-11(21)8(2)18-19(9)13/h3-5H,6H2,1-2H3,(H,16,20). The van der Waals surface area contributed by atoms with Gasteiger partial charge in [0, 0.05) is 17.3 Å². The van der Waals surface area contributed by atoms with Crippen LogP contribution in [0.25, 0.3) is 4.96 Å². The molecule has 23 heavy (non-hydrogen) atoms. The Kier molecular flexibility index (Phi) is 4.35. The maximum atomic E-state index is 12.1. The van der Waals surface area contributed by atoms with Gasteiger partial charge in [0.1, 0.15) is 11.5 Å². The number of fused-ring (bicyclic) bond motifs is 1. The second-order valence-electron chi connectivity index (χ2n) is 4.64. The lowest BCUT2D eigenvalue weighted by Crippen LogP contribution is -2.19. The molecule has 0 aromatic carbocycles. The minimum atomic E-state index is -0.364. The fourth-order valence-corrected chi connectivity index (χ4v) is 3.16. The molecule has 0 saturated heterocycles. The molecule has 0 spiro atoms. The van der Waals surface area contributed by atoms with Gasteiger partial charge in [-0.3, -0.25) is 9.59 Å². The average Bonchev–Trinajstić information content (AvgIpc) is 2.88. The fraction of sp³-hybridized carbons (Fsp3) is 0.231. The van der Waals surface area contributed by atoms with Crippen molar-refractivity contribution >= 4 is 39.8 Å². The van der Waals surface area contributed by atoms with Crippen molar-refractivity contribution in [2.24, 2.45) is 0 Å². The van der Waals surface area contributed by atoms with Gasteiger partial charge in [0.2, 0.25) is 10.9 Å². The molecule has 3 heterocycles. The molecule has 0 aliphatic rings. The molecule has 8 nitrogen and oxygen atoms in total. The molecule has 3 rings (SSSR count). The zero-order chi connectivity index (χ0) is 16.4. The number of aromatic nitrogens is 5. The Morgan fingerprint density at radius 3 is 3.00 bits per heavy atom. The SMILES string of the molecule is Cc1ccnc(SCC(=O)Nc2csc3nc(=O)c(C)nn23)n1. The summed E-state index contributed by atoms with van der Waals surface area (Å²) in [6.07, 6.45) is 1.66. The fourth-order valence-electron chi connectivity index (χ4n) is 1.73. The third-order valence-electron chi connectivity index (χ3n) is 2.81. The highest BCUT2D eigenvalue weighted by molar-refractivity contribution is 7.99. The summed E-state index contributed by atoms with van der Waals surface area (Å²) in [5.74, 6) is 0.447. The monoisotopic (exact) mass is 348 g/mol. The smallest absolute Gasteiger partial charge is 0.295 e. The third-order valence-corrected chi connectivity index (χ3v) is 4.49. The topological polar surface area (TPSA) is 102 Å². The summed E-state index contributed by atoms with van der Waals surface area (Å²) in [4.78, 5) is 36.2. The minimum Gasteiger partial charge on any atom is -0.309 e. The van der Waals surface area contributed by atoms with Gasteiger partial charge in [-0.15, -0.1) is 11.3 Å². The molecule has 0 unspecified atom stereocenters. The number of anilines is 1. The Labute approximate surface area is 139 Å². The van der Waals surface area contributed by atoms with E-state index in [4.69, 9.17) is 0 Å². The molecule has 3 aromatic heterocycles. The Bertz CT molecular complexity index is 936. The lowest BCUT2D eigenvalue weighted by atomic mass is 10.5. The number of nitrogens with one attached hydrogen (secondary N) is 1. The van der Waals surface area contributed by atoms with Gasteiger partial charge >= 0.3 is 0 Å². The van der Waals surface area contributed by atoms with Crippen LogP contribution in [0.1, 0.15) is 11.4 Å². The highest BCUT2D eigenvalue weighted by atomic mass is 32.2. The van der Waals surface area contributed by atoms with Gasteiger partial charge in [-0.1, -0.05) is 11.8 Å². The number of carbonyl (C=O) groups is 1. The first-order valence-electron chi connectivity index (χ1n) is 6.60. The molecule has 3 aromatic rings. The van der Waals surface area contributed by atoms with Crippen LogP contribution in [0, 0.1) is 13.8 Å². The molecular formula is C13H12N6O2S2. The summed E-state index contributed by atoms with van der Waals surface area (Å²) in [6.45, 7) is 3.45. The van der Waals surface area contributed by atoms with Gasteiger partial charge < -0.3 is 5.32 Å². The number of rotatable bonds is 4. The van der Waals surface area contributed by atoms with Crippen molar-refractivity contribution in [1.82, 2.24) is 24.6 Å². The van der Waals surface area contributed by atoms with Crippen molar-refractivity contribution in [3.8, 4) is 0 Å².